The summed E-state index contributed by atoms with van der Waals surface area (Å²) in [5.41, 5.74) is 0.843. The van der Waals surface area contributed by atoms with Crippen LogP contribution in [0.15, 0.2) is 0 Å². The first kappa shape index (κ1) is 11.6. The molecule has 0 heterocycles. The molecule has 0 aliphatic carbocycles. The van der Waals surface area contributed by atoms with Crippen LogP contribution < -0.4 is 5.32 Å². The van der Waals surface area contributed by atoms with Crippen molar-refractivity contribution in [1.29, 1.82) is 5.41 Å². The lowest BCUT2D eigenvalue weighted by Crippen LogP contribution is -2.41. The molecule has 0 amide bonds. The zero-order chi connectivity index (χ0) is 9.72. The van der Waals surface area contributed by atoms with Crippen LogP contribution in [0.1, 0.15) is 34.1 Å². The van der Waals surface area contributed by atoms with Crippen molar-refractivity contribution in [2.45, 2.75) is 40.2 Å². The summed E-state index contributed by atoms with van der Waals surface area (Å²) in [5.74, 6) is 0.918. The number of hydrogen-bond donors (Lipinski definition) is 2. The van der Waals surface area contributed by atoms with E-state index in [-0.39, 0.29) is 6.04 Å². The third-order valence-electron chi connectivity index (χ3n) is 2.46. The molecular formula is C10H22N2. The maximum atomic E-state index is 7.92. The number of rotatable bonds is 5. The van der Waals surface area contributed by atoms with Crippen LogP contribution in [0.4, 0.5) is 0 Å². The highest BCUT2D eigenvalue weighted by Crippen LogP contribution is 2.11. The van der Waals surface area contributed by atoms with E-state index in [0.717, 1.165) is 12.1 Å². The summed E-state index contributed by atoms with van der Waals surface area (Å²) < 4.78 is 0. The van der Waals surface area contributed by atoms with Crippen LogP contribution in [0.2, 0.25) is 0 Å². The second-order valence-corrected chi connectivity index (χ2v) is 3.78. The monoisotopic (exact) mass is 170 g/mol. The fourth-order valence-electron chi connectivity index (χ4n) is 1.37. The molecule has 2 unspecified atom stereocenters. The van der Waals surface area contributed by atoms with Crippen LogP contribution >= 0.6 is 0 Å². The van der Waals surface area contributed by atoms with Gasteiger partial charge in [-0.2, -0.15) is 0 Å². The Kier molecular flexibility index (Phi) is 5.14. The Morgan fingerprint density at radius 1 is 1.33 bits per heavy atom. The van der Waals surface area contributed by atoms with Crippen molar-refractivity contribution >= 4 is 5.71 Å². The molecule has 0 rings (SSSR count). The van der Waals surface area contributed by atoms with Crippen molar-refractivity contribution in [1.82, 2.24) is 5.32 Å². The first-order chi connectivity index (χ1) is 5.54. The van der Waals surface area contributed by atoms with E-state index >= 15 is 0 Å². The Bertz CT molecular complexity index is 141. The van der Waals surface area contributed by atoms with Crippen molar-refractivity contribution in [2.24, 2.45) is 11.8 Å². The standard InChI is InChI=1S/C10H22N2/c1-6-8(4)9(11)10(12-5)7(2)3/h7-8,10-12H,6H2,1-5H3. The molecule has 0 aliphatic rings. The first-order valence-corrected chi connectivity index (χ1v) is 4.80. The van der Waals surface area contributed by atoms with Crippen molar-refractivity contribution in [3.05, 3.63) is 0 Å². The van der Waals surface area contributed by atoms with Gasteiger partial charge in [-0.15, -0.1) is 0 Å². The van der Waals surface area contributed by atoms with Crippen LogP contribution in [0.3, 0.4) is 0 Å². The third kappa shape index (κ3) is 2.94. The van der Waals surface area contributed by atoms with Gasteiger partial charge in [-0.05, 0) is 25.3 Å². The van der Waals surface area contributed by atoms with Gasteiger partial charge in [0.1, 0.15) is 0 Å². The van der Waals surface area contributed by atoms with E-state index < -0.39 is 0 Å². The summed E-state index contributed by atoms with van der Waals surface area (Å²) in [5, 5.41) is 11.1. The Hall–Kier alpha value is -0.370. The molecule has 0 spiro atoms. The second-order valence-electron chi connectivity index (χ2n) is 3.78. The van der Waals surface area contributed by atoms with E-state index in [4.69, 9.17) is 5.41 Å². The summed E-state index contributed by atoms with van der Waals surface area (Å²) in [6.07, 6.45) is 1.06. The topological polar surface area (TPSA) is 35.9 Å². The average molecular weight is 170 g/mol. The highest BCUT2D eigenvalue weighted by Gasteiger charge is 2.19. The molecule has 0 fully saturated rings. The average Bonchev–Trinajstić information content (AvgIpc) is 2.03. The van der Waals surface area contributed by atoms with Gasteiger partial charge >= 0.3 is 0 Å². The van der Waals surface area contributed by atoms with E-state index in [1.165, 1.54) is 0 Å². The van der Waals surface area contributed by atoms with Crippen LogP contribution in [0.5, 0.6) is 0 Å². The maximum Gasteiger partial charge on any atom is 0.0471 e. The first-order valence-electron chi connectivity index (χ1n) is 4.80. The maximum absolute atomic E-state index is 7.92. The van der Waals surface area contributed by atoms with Gasteiger partial charge in [-0.25, -0.2) is 0 Å². The quantitative estimate of drug-likeness (QED) is 0.610. The minimum atomic E-state index is 0.250. The predicted molar refractivity (Wildman–Crippen MR) is 54.9 cm³/mol. The van der Waals surface area contributed by atoms with Gasteiger partial charge in [-0.1, -0.05) is 27.7 Å². The lowest BCUT2D eigenvalue weighted by molar-refractivity contribution is 0.499. The minimum absolute atomic E-state index is 0.250. The molecule has 12 heavy (non-hydrogen) atoms. The van der Waals surface area contributed by atoms with Crippen LogP contribution in [-0.4, -0.2) is 18.8 Å². The van der Waals surface area contributed by atoms with Crippen LogP contribution in [-0.2, 0) is 0 Å². The van der Waals surface area contributed by atoms with Gasteiger partial charge in [-0.3, -0.25) is 0 Å². The molecule has 0 aromatic heterocycles. The summed E-state index contributed by atoms with van der Waals surface area (Å²) in [6, 6.07) is 0.250. The molecule has 0 bridgehead atoms. The lowest BCUT2D eigenvalue weighted by Gasteiger charge is -2.24. The van der Waals surface area contributed by atoms with Gasteiger partial charge in [0.25, 0.3) is 0 Å². The van der Waals surface area contributed by atoms with Gasteiger partial charge in [0.05, 0.1) is 0 Å². The molecule has 72 valence electrons. The molecule has 2 heteroatoms. The van der Waals surface area contributed by atoms with E-state index in [1.54, 1.807) is 0 Å². The van der Waals surface area contributed by atoms with Gasteiger partial charge in [0, 0.05) is 11.8 Å². The highest BCUT2D eigenvalue weighted by molar-refractivity contribution is 5.88. The van der Waals surface area contributed by atoms with Crippen molar-refractivity contribution in [3.63, 3.8) is 0 Å². The fourth-order valence-corrected chi connectivity index (χ4v) is 1.37. The van der Waals surface area contributed by atoms with Gasteiger partial charge in [0.15, 0.2) is 0 Å². The third-order valence-corrected chi connectivity index (χ3v) is 2.46. The molecule has 0 aromatic carbocycles. The van der Waals surface area contributed by atoms with Crippen molar-refractivity contribution in [2.75, 3.05) is 7.05 Å². The second kappa shape index (κ2) is 5.31. The molecule has 0 radical (unpaired) electrons. The summed E-state index contributed by atoms with van der Waals surface area (Å²) >= 11 is 0. The van der Waals surface area contributed by atoms with E-state index in [0.29, 0.717) is 11.8 Å². The van der Waals surface area contributed by atoms with Crippen LogP contribution in [0.25, 0.3) is 0 Å². The molecule has 2 nitrogen and oxygen atoms in total. The number of nitrogens with one attached hydrogen (secondary N) is 2. The highest BCUT2D eigenvalue weighted by atomic mass is 14.9. The van der Waals surface area contributed by atoms with Gasteiger partial charge in [0.2, 0.25) is 0 Å². The summed E-state index contributed by atoms with van der Waals surface area (Å²) in [4.78, 5) is 0. The van der Waals surface area contributed by atoms with E-state index in [2.05, 4.69) is 33.0 Å². The molecular weight excluding hydrogens is 148 g/mol. The zero-order valence-electron chi connectivity index (χ0n) is 8.94. The smallest absolute Gasteiger partial charge is 0.0471 e. The minimum Gasteiger partial charge on any atom is -0.312 e. The van der Waals surface area contributed by atoms with Crippen molar-refractivity contribution in [3.8, 4) is 0 Å². The summed E-state index contributed by atoms with van der Waals surface area (Å²) in [7, 11) is 1.93. The molecule has 2 atom stereocenters. The molecule has 2 N–H and O–H groups in total. The SMILES string of the molecule is CCC(C)C(=N)C(NC)C(C)C. The Morgan fingerprint density at radius 2 is 1.83 bits per heavy atom. The Labute approximate surface area is 76.3 Å². The van der Waals surface area contributed by atoms with Gasteiger partial charge < -0.3 is 10.7 Å². The lowest BCUT2D eigenvalue weighted by atomic mass is 9.90. The van der Waals surface area contributed by atoms with E-state index in [9.17, 15) is 0 Å². The largest absolute Gasteiger partial charge is 0.312 e. The number of hydrogen-bond acceptors (Lipinski definition) is 2. The normalized spacial score (nSPS) is 16.2. The zero-order valence-corrected chi connectivity index (χ0v) is 8.94. The van der Waals surface area contributed by atoms with Crippen molar-refractivity contribution < 1.29 is 0 Å². The molecule has 0 saturated heterocycles. The molecule has 0 saturated carbocycles. The molecule has 0 aliphatic heterocycles. The van der Waals surface area contributed by atoms with Crippen LogP contribution in [0, 0.1) is 17.2 Å². The molecule has 0 aromatic rings. The van der Waals surface area contributed by atoms with E-state index in [1.807, 2.05) is 7.05 Å². The Balaban J connectivity index is 4.21. The fraction of sp³-hybridized carbons (Fsp3) is 0.900. The Morgan fingerprint density at radius 3 is 2.08 bits per heavy atom. The predicted octanol–water partition coefficient (Wildman–Crippen LogP) is 2.30. The summed E-state index contributed by atoms with van der Waals surface area (Å²) in [6.45, 7) is 8.55.